The van der Waals surface area contributed by atoms with Gasteiger partial charge in [0.2, 0.25) is 0 Å². The van der Waals surface area contributed by atoms with Crippen LogP contribution in [0.3, 0.4) is 0 Å². The van der Waals surface area contributed by atoms with Gasteiger partial charge in [-0.2, -0.15) is 0 Å². The molecule has 6 nitrogen and oxygen atoms in total. The fraction of sp³-hybridized carbons (Fsp3) is 0.824. The molecule has 0 spiro atoms. The Labute approximate surface area is 165 Å². The number of halogens is 1. The molecule has 0 aromatic carbocycles. The van der Waals surface area contributed by atoms with E-state index in [4.69, 9.17) is 18.0 Å². The zero-order valence-corrected chi connectivity index (χ0v) is 19.3. The van der Waals surface area contributed by atoms with Crippen molar-refractivity contribution in [2.24, 2.45) is 0 Å². The average Bonchev–Trinajstić information content (AvgIpc) is 2.47. The molecule has 0 amide bonds. The van der Waals surface area contributed by atoms with Crippen molar-refractivity contribution < 1.29 is 44.3 Å². The van der Waals surface area contributed by atoms with Gasteiger partial charge in [0.1, 0.15) is 13.2 Å². The molecule has 0 bridgehead atoms. The van der Waals surface area contributed by atoms with E-state index < -0.39 is 8.80 Å². The maximum atomic E-state index is 11.4. The zero-order valence-electron chi connectivity index (χ0n) is 16.7. The monoisotopic (exact) mass is 441 g/mol. The summed E-state index contributed by atoms with van der Waals surface area (Å²) < 4.78 is 23.6. The van der Waals surface area contributed by atoms with Crippen molar-refractivity contribution in [2.75, 3.05) is 53.6 Å². The van der Waals surface area contributed by atoms with Gasteiger partial charge in [-0.3, -0.25) is 0 Å². The second kappa shape index (κ2) is 13.9. The first kappa shape index (κ1) is 27.0. The van der Waals surface area contributed by atoms with Gasteiger partial charge in [-0.05, 0) is 27.7 Å². The van der Waals surface area contributed by atoms with Crippen LogP contribution in [0.2, 0.25) is 6.04 Å². The van der Waals surface area contributed by atoms with Crippen LogP contribution >= 0.6 is 0 Å². The number of rotatable bonds is 14. The number of likely N-dealkylation sites (N-methyl/N-ethyl adjacent to an activating group) is 1. The van der Waals surface area contributed by atoms with E-state index in [1.54, 1.807) is 6.92 Å². The Morgan fingerprint density at radius 2 is 1.48 bits per heavy atom. The number of hydrogen-bond donors (Lipinski definition) is 0. The van der Waals surface area contributed by atoms with Crippen LogP contribution < -0.4 is 17.0 Å². The van der Waals surface area contributed by atoms with Gasteiger partial charge in [0.15, 0.2) is 0 Å². The number of quaternary nitrogens is 1. The minimum Gasteiger partial charge on any atom is -1.00 e. The maximum Gasteiger partial charge on any atom is 0.501 e. The number of nitrogens with zero attached hydrogens (tertiary/aromatic N) is 1. The number of esters is 1. The number of carbonyl (C=O) groups is 1. The average molecular weight is 442 g/mol. The third-order valence-electron chi connectivity index (χ3n) is 3.62. The summed E-state index contributed by atoms with van der Waals surface area (Å²) in [4.78, 5) is 11.4. The SMILES string of the molecule is C=C(C)C(=O)OCC[N+](C)(C)CCC[Si](OCC)(OCC)OCC.[Br-]. The first-order valence-electron chi connectivity index (χ1n) is 8.78. The van der Waals surface area contributed by atoms with Crippen LogP contribution in [-0.2, 0) is 22.8 Å². The Morgan fingerprint density at radius 3 is 1.88 bits per heavy atom. The van der Waals surface area contributed by atoms with Crippen LogP contribution in [0.15, 0.2) is 12.2 Å². The third-order valence-corrected chi connectivity index (χ3v) is 6.77. The summed E-state index contributed by atoms with van der Waals surface area (Å²) >= 11 is 0. The lowest BCUT2D eigenvalue weighted by atomic mass is 10.3. The molecular weight excluding hydrogens is 406 g/mol. The normalized spacial score (nSPS) is 11.8. The molecule has 0 aliphatic carbocycles. The van der Waals surface area contributed by atoms with Crippen molar-refractivity contribution in [2.45, 2.75) is 40.2 Å². The van der Waals surface area contributed by atoms with E-state index in [0.717, 1.165) is 30.0 Å². The number of hydrogen-bond acceptors (Lipinski definition) is 5. The van der Waals surface area contributed by atoms with Crippen molar-refractivity contribution in [1.82, 2.24) is 0 Å². The van der Waals surface area contributed by atoms with Crippen LogP contribution in [0, 0.1) is 0 Å². The van der Waals surface area contributed by atoms with Crippen molar-refractivity contribution in [3.8, 4) is 0 Å². The van der Waals surface area contributed by atoms with Gasteiger partial charge in [0.25, 0.3) is 0 Å². The molecule has 8 heteroatoms. The molecular formula is C17H36BrNO5Si. The van der Waals surface area contributed by atoms with Crippen molar-refractivity contribution >= 4 is 14.8 Å². The van der Waals surface area contributed by atoms with E-state index >= 15 is 0 Å². The van der Waals surface area contributed by atoms with Gasteiger partial charge >= 0.3 is 14.8 Å². The quantitative estimate of drug-likeness (QED) is 0.159. The van der Waals surface area contributed by atoms with Crippen LogP contribution in [0.4, 0.5) is 0 Å². The molecule has 0 aromatic rings. The highest BCUT2D eigenvalue weighted by Crippen LogP contribution is 2.19. The molecule has 0 saturated carbocycles. The third kappa shape index (κ3) is 11.9. The predicted octanol–water partition coefficient (Wildman–Crippen LogP) is -0.375. The Hall–Kier alpha value is -0.253. The Kier molecular flexibility index (Phi) is 15.0. The molecule has 0 fully saturated rings. The summed E-state index contributed by atoms with van der Waals surface area (Å²) in [7, 11) is 1.68. The van der Waals surface area contributed by atoms with Gasteiger partial charge in [-0.15, -0.1) is 0 Å². The van der Waals surface area contributed by atoms with E-state index in [-0.39, 0.29) is 23.0 Å². The molecule has 0 rings (SSSR count). The smallest absolute Gasteiger partial charge is 0.501 e. The second-order valence-electron chi connectivity index (χ2n) is 6.38. The lowest BCUT2D eigenvalue weighted by molar-refractivity contribution is -0.890. The molecule has 0 heterocycles. The van der Waals surface area contributed by atoms with E-state index in [0.29, 0.717) is 32.0 Å². The van der Waals surface area contributed by atoms with E-state index in [2.05, 4.69) is 20.7 Å². The standard InChI is InChI=1S/C17H36NO5Si.BrH/c1-8-21-24(22-9-2,23-10-3)15-11-12-18(6,7)13-14-20-17(19)16(4)5;/h4,8-15H2,1-3,5-7H3;1H/q+1;/p-1. The van der Waals surface area contributed by atoms with Gasteiger partial charge in [-0.1, -0.05) is 6.58 Å². The summed E-state index contributed by atoms with van der Waals surface area (Å²) in [6.45, 7) is 15.0. The molecule has 0 aliphatic rings. The Balaban J connectivity index is 0. The molecule has 0 aromatic heterocycles. The summed E-state index contributed by atoms with van der Waals surface area (Å²) in [5.41, 5.74) is 0.432. The first-order valence-corrected chi connectivity index (χ1v) is 10.7. The second-order valence-corrected chi connectivity index (χ2v) is 9.12. The minimum atomic E-state index is -2.57. The zero-order chi connectivity index (χ0) is 18.6. The highest BCUT2D eigenvalue weighted by Gasteiger charge is 2.40. The lowest BCUT2D eigenvalue weighted by Crippen LogP contribution is -3.00. The van der Waals surface area contributed by atoms with Gasteiger partial charge in [-0.25, -0.2) is 4.79 Å². The molecule has 0 N–H and O–H groups in total. The molecule has 0 atom stereocenters. The molecule has 0 radical (unpaired) electrons. The highest BCUT2D eigenvalue weighted by molar-refractivity contribution is 6.60. The van der Waals surface area contributed by atoms with E-state index in [1.165, 1.54) is 0 Å². The van der Waals surface area contributed by atoms with Crippen LogP contribution in [0.1, 0.15) is 34.1 Å². The minimum absolute atomic E-state index is 0. The van der Waals surface area contributed by atoms with Crippen molar-refractivity contribution in [3.63, 3.8) is 0 Å². The van der Waals surface area contributed by atoms with E-state index in [1.807, 2.05) is 20.8 Å². The fourth-order valence-electron chi connectivity index (χ4n) is 2.35. The van der Waals surface area contributed by atoms with Gasteiger partial charge in [0, 0.05) is 37.9 Å². The topological polar surface area (TPSA) is 54.0 Å². The molecule has 25 heavy (non-hydrogen) atoms. The summed E-state index contributed by atoms with van der Waals surface area (Å²) in [5, 5.41) is 0. The largest absolute Gasteiger partial charge is 1.00 e. The Bertz CT molecular complexity index is 376. The summed E-state index contributed by atoms with van der Waals surface area (Å²) in [6, 6.07) is 0.801. The van der Waals surface area contributed by atoms with E-state index in [9.17, 15) is 4.79 Å². The first-order chi connectivity index (χ1) is 11.2. The molecule has 0 aliphatic heterocycles. The number of ether oxygens (including phenoxy) is 1. The summed E-state index contributed by atoms with van der Waals surface area (Å²) in [6.07, 6.45) is 0.938. The number of carbonyl (C=O) groups excluding carboxylic acids is 1. The van der Waals surface area contributed by atoms with Crippen LogP contribution in [-0.4, -0.2) is 72.9 Å². The maximum absolute atomic E-state index is 11.4. The van der Waals surface area contributed by atoms with Crippen molar-refractivity contribution in [3.05, 3.63) is 12.2 Å². The molecule has 150 valence electrons. The predicted molar refractivity (Wildman–Crippen MR) is 97.7 cm³/mol. The molecule has 0 unspecified atom stereocenters. The molecule has 0 saturated heterocycles. The lowest BCUT2D eigenvalue weighted by Gasteiger charge is -2.32. The van der Waals surface area contributed by atoms with Crippen molar-refractivity contribution in [1.29, 1.82) is 0 Å². The van der Waals surface area contributed by atoms with Gasteiger partial charge < -0.3 is 39.5 Å². The van der Waals surface area contributed by atoms with Crippen LogP contribution in [0.5, 0.6) is 0 Å². The fourth-order valence-corrected chi connectivity index (χ4v) is 4.94. The Morgan fingerprint density at radius 1 is 1.00 bits per heavy atom. The summed E-state index contributed by atoms with van der Waals surface area (Å²) in [5.74, 6) is -0.328. The van der Waals surface area contributed by atoms with Crippen LogP contribution in [0.25, 0.3) is 0 Å². The van der Waals surface area contributed by atoms with Gasteiger partial charge in [0.05, 0.1) is 20.6 Å². The highest BCUT2D eigenvalue weighted by atomic mass is 79.9.